The van der Waals surface area contributed by atoms with Gasteiger partial charge >= 0.3 is 0 Å². The van der Waals surface area contributed by atoms with Gasteiger partial charge in [-0.1, -0.05) is 36.7 Å². The van der Waals surface area contributed by atoms with E-state index in [1.165, 1.54) is 5.56 Å². The Morgan fingerprint density at radius 1 is 1.21 bits per heavy atom. The van der Waals surface area contributed by atoms with Crippen molar-refractivity contribution in [2.45, 2.75) is 25.8 Å². The van der Waals surface area contributed by atoms with Gasteiger partial charge in [0.2, 0.25) is 0 Å². The van der Waals surface area contributed by atoms with Crippen LogP contribution in [0.1, 0.15) is 30.6 Å². The van der Waals surface area contributed by atoms with Crippen molar-refractivity contribution in [3.63, 3.8) is 0 Å². The first-order chi connectivity index (χ1) is 9.29. The van der Waals surface area contributed by atoms with Crippen molar-refractivity contribution in [2.24, 2.45) is 0 Å². The van der Waals surface area contributed by atoms with Crippen LogP contribution in [0.2, 0.25) is 5.02 Å². The van der Waals surface area contributed by atoms with E-state index in [0.717, 1.165) is 30.1 Å². The van der Waals surface area contributed by atoms with Gasteiger partial charge in [0.1, 0.15) is 0 Å². The van der Waals surface area contributed by atoms with Crippen molar-refractivity contribution >= 4 is 11.6 Å². The molecule has 0 bridgehead atoms. The van der Waals surface area contributed by atoms with E-state index in [2.05, 4.69) is 29.4 Å². The first-order valence-corrected chi connectivity index (χ1v) is 7.06. The number of nitrogens with one attached hydrogen (secondary N) is 1. The summed E-state index contributed by atoms with van der Waals surface area (Å²) in [5.41, 5.74) is 2.37. The zero-order valence-corrected chi connectivity index (χ0v) is 11.9. The van der Waals surface area contributed by atoms with E-state index in [0.29, 0.717) is 6.04 Å². The van der Waals surface area contributed by atoms with Crippen LogP contribution in [0.3, 0.4) is 0 Å². The van der Waals surface area contributed by atoms with Crippen molar-refractivity contribution in [3.05, 3.63) is 64.9 Å². The maximum atomic E-state index is 6.07. The second-order valence-corrected chi connectivity index (χ2v) is 4.96. The van der Waals surface area contributed by atoms with Crippen molar-refractivity contribution in [1.82, 2.24) is 10.3 Å². The molecular formula is C16H19ClN2. The number of benzene rings is 1. The molecule has 0 aliphatic carbocycles. The summed E-state index contributed by atoms with van der Waals surface area (Å²) in [6.07, 6.45) is 3.83. The number of rotatable bonds is 6. The molecule has 1 unspecified atom stereocenters. The molecule has 1 N–H and O–H groups in total. The molecule has 0 aliphatic heterocycles. The Labute approximate surface area is 119 Å². The average Bonchev–Trinajstić information content (AvgIpc) is 2.44. The predicted molar refractivity (Wildman–Crippen MR) is 80.4 cm³/mol. The molecule has 1 atom stereocenters. The van der Waals surface area contributed by atoms with Crippen LogP contribution >= 0.6 is 11.6 Å². The van der Waals surface area contributed by atoms with Gasteiger partial charge in [-0.05, 0) is 49.2 Å². The van der Waals surface area contributed by atoms with Crippen LogP contribution in [0, 0.1) is 0 Å². The average molecular weight is 275 g/mol. The van der Waals surface area contributed by atoms with Gasteiger partial charge in [0, 0.05) is 23.0 Å². The molecule has 1 aromatic heterocycles. The molecule has 0 saturated heterocycles. The quantitative estimate of drug-likeness (QED) is 0.861. The Hall–Kier alpha value is -1.38. The van der Waals surface area contributed by atoms with Crippen LogP contribution in [0.15, 0.2) is 48.7 Å². The smallest absolute Gasteiger partial charge is 0.0409 e. The molecule has 0 aliphatic rings. The second kappa shape index (κ2) is 7.27. The number of halogens is 1. The van der Waals surface area contributed by atoms with Crippen molar-refractivity contribution in [1.29, 1.82) is 0 Å². The number of hydrogen-bond donors (Lipinski definition) is 1. The Morgan fingerprint density at radius 2 is 2.11 bits per heavy atom. The SMILES string of the molecule is CCNC(CCc1ccccn1)c1cccc(Cl)c1. The van der Waals surface area contributed by atoms with E-state index in [9.17, 15) is 0 Å². The maximum absolute atomic E-state index is 6.07. The Kier molecular flexibility index (Phi) is 5.37. The number of nitrogens with zero attached hydrogens (tertiary/aromatic N) is 1. The zero-order chi connectivity index (χ0) is 13.5. The third kappa shape index (κ3) is 4.34. The zero-order valence-electron chi connectivity index (χ0n) is 11.1. The third-order valence-corrected chi connectivity index (χ3v) is 3.35. The predicted octanol–water partition coefficient (Wildman–Crippen LogP) is 4.02. The molecule has 0 fully saturated rings. The maximum Gasteiger partial charge on any atom is 0.0409 e. The summed E-state index contributed by atoms with van der Waals surface area (Å²) in [5, 5.41) is 4.30. The third-order valence-electron chi connectivity index (χ3n) is 3.12. The summed E-state index contributed by atoms with van der Waals surface area (Å²) in [4.78, 5) is 4.37. The Morgan fingerprint density at radius 3 is 2.79 bits per heavy atom. The van der Waals surface area contributed by atoms with E-state index in [4.69, 9.17) is 11.6 Å². The highest BCUT2D eigenvalue weighted by Gasteiger charge is 2.10. The molecule has 2 rings (SSSR count). The lowest BCUT2D eigenvalue weighted by Gasteiger charge is -2.18. The van der Waals surface area contributed by atoms with E-state index in [1.807, 2.05) is 36.5 Å². The summed E-state index contributed by atoms with van der Waals surface area (Å²) in [5.74, 6) is 0. The van der Waals surface area contributed by atoms with Crippen molar-refractivity contribution in [3.8, 4) is 0 Å². The fourth-order valence-electron chi connectivity index (χ4n) is 2.19. The number of aromatic nitrogens is 1. The lowest BCUT2D eigenvalue weighted by molar-refractivity contribution is 0.513. The Balaban J connectivity index is 2.04. The fourth-order valence-corrected chi connectivity index (χ4v) is 2.39. The molecule has 0 saturated carbocycles. The van der Waals surface area contributed by atoms with Gasteiger partial charge in [-0.25, -0.2) is 0 Å². The van der Waals surface area contributed by atoms with Gasteiger partial charge in [-0.15, -0.1) is 0 Å². The summed E-state index contributed by atoms with van der Waals surface area (Å²) in [6.45, 7) is 3.07. The van der Waals surface area contributed by atoms with Gasteiger partial charge in [-0.3, -0.25) is 4.98 Å². The van der Waals surface area contributed by atoms with Gasteiger partial charge in [0.25, 0.3) is 0 Å². The van der Waals surface area contributed by atoms with Crippen molar-refractivity contribution in [2.75, 3.05) is 6.54 Å². The highest BCUT2D eigenvalue weighted by atomic mass is 35.5. The van der Waals surface area contributed by atoms with Crippen LogP contribution in [-0.4, -0.2) is 11.5 Å². The van der Waals surface area contributed by atoms with Gasteiger partial charge < -0.3 is 5.32 Å². The van der Waals surface area contributed by atoms with Crippen LogP contribution in [0.25, 0.3) is 0 Å². The summed E-state index contributed by atoms with van der Waals surface area (Å²) >= 11 is 6.07. The minimum Gasteiger partial charge on any atom is -0.310 e. The van der Waals surface area contributed by atoms with Crippen LogP contribution < -0.4 is 5.32 Å². The molecule has 0 radical (unpaired) electrons. The first kappa shape index (κ1) is 14.0. The highest BCUT2D eigenvalue weighted by molar-refractivity contribution is 6.30. The van der Waals surface area contributed by atoms with E-state index >= 15 is 0 Å². The molecule has 2 nitrogen and oxygen atoms in total. The van der Waals surface area contributed by atoms with E-state index in [-0.39, 0.29) is 0 Å². The molecule has 1 aromatic carbocycles. The van der Waals surface area contributed by atoms with Crippen LogP contribution in [0.4, 0.5) is 0 Å². The summed E-state index contributed by atoms with van der Waals surface area (Å²) in [6, 6.07) is 14.4. The first-order valence-electron chi connectivity index (χ1n) is 6.68. The highest BCUT2D eigenvalue weighted by Crippen LogP contribution is 2.21. The molecular weight excluding hydrogens is 256 g/mol. The van der Waals surface area contributed by atoms with Gasteiger partial charge in [-0.2, -0.15) is 0 Å². The molecule has 100 valence electrons. The Bertz CT molecular complexity index is 499. The summed E-state index contributed by atoms with van der Waals surface area (Å²) in [7, 11) is 0. The van der Waals surface area contributed by atoms with E-state index in [1.54, 1.807) is 0 Å². The minimum absolute atomic E-state index is 0.325. The fraction of sp³-hybridized carbons (Fsp3) is 0.312. The molecule has 2 aromatic rings. The normalized spacial score (nSPS) is 12.3. The number of pyridine rings is 1. The van der Waals surface area contributed by atoms with Gasteiger partial charge in [0.15, 0.2) is 0 Å². The standard InChI is InChI=1S/C16H19ClN2/c1-2-18-16(13-6-5-7-14(17)12-13)10-9-15-8-3-4-11-19-15/h3-8,11-12,16,18H,2,9-10H2,1H3. The molecule has 0 amide bonds. The molecule has 0 spiro atoms. The second-order valence-electron chi connectivity index (χ2n) is 4.53. The lowest BCUT2D eigenvalue weighted by atomic mass is 10.0. The lowest BCUT2D eigenvalue weighted by Crippen LogP contribution is -2.21. The molecule has 3 heteroatoms. The monoisotopic (exact) mass is 274 g/mol. The van der Waals surface area contributed by atoms with Crippen molar-refractivity contribution < 1.29 is 0 Å². The summed E-state index contributed by atoms with van der Waals surface area (Å²) < 4.78 is 0. The minimum atomic E-state index is 0.325. The largest absolute Gasteiger partial charge is 0.310 e. The molecule has 19 heavy (non-hydrogen) atoms. The van der Waals surface area contributed by atoms with Crippen LogP contribution in [0.5, 0.6) is 0 Å². The van der Waals surface area contributed by atoms with Crippen LogP contribution in [-0.2, 0) is 6.42 Å². The van der Waals surface area contributed by atoms with Gasteiger partial charge in [0.05, 0.1) is 0 Å². The molecule has 1 heterocycles. The number of hydrogen-bond acceptors (Lipinski definition) is 2. The number of aryl methyl sites for hydroxylation is 1. The van der Waals surface area contributed by atoms with E-state index < -0.39 is 0 Å². The topological polar surface area (TPSA) is 24.9 Å².